The number of urea groups is 1. The lowest BCUT2D eigenvalue weighted by Crippen LogP contribution is -2.21. The van der Waals surface area contributed by atoms with Crippen molar-refractivity contribution in [1.29, 1.82) is 0 Å². The highest BCUT2D eigenvalue weighted by atomic mass is 35.5. The lowest BCUT2D eigenvalue weighted by atomic mass is 10.2. The Kier molecular flexibility index (Phi) is 6.93. The molecule has 0 bridgehead atoms. The lowest BCUT2D eigenvalue weighted by molar-refractivity contribution is -0.137. The zero-order chi connectivity index (χ0) is 25.9. The van der Waals surface area contributed by atoms with Crippen molar-refractivity contribution < 1.29 is 27.5 Å². The third-order valence-electron chi connectivity index (χ3n) is 4.85. The average Bonchev–Trinajstić information content (AvgIpc) is 2.85. The van der Waals surface area contributed by atoms with Crippen LogP contribution < -0.4 is 20.7 Å². The zero-order valence-corrected chi connectivity index (χ0v) is 19.2. The van der Waals surface area contributed by atoms with Crippen molar-refractivity contribution in [1.82, 2.24) is 15.3 Å². The predicted molar refractivity (Wildman–Crippen MR) is 129 cm³/mol. The number of amides is 3. The van der Waals surface area contributed by atoms with Crippen LogP contribution in [0.3, 0.4) is 0 Å². The molecule has 12 heteroatoms. The van der Waals surface area contributed by atoms with Crippen molar-refractivity contribution in [3.63, 3.8) is 0 Å². The molecular formula is C24H17ClF3N5O3. The van der Waals surface area contributed by atoms with Crippen LogP contribution in [0.15, 0.2) is 66.7 Å². The molecule has 0 fully saturated rings. The van der Waals surface area contributed by atoms with E-state index in [0.29, 0.717) is 22.3 Å². The van der Waals surface area contributed by atoms with Crippen molar-refractivity contribution >= 4 is 45.8 Å². The van der Waals surface area contributed by atoms with Gasteiger partial charge in [0.1, 0.15) is 5.75 Å². The number of benzene rings is 3. The standard InChI is InChI=1S/C24H17ClF3N5O3/c1-29-21(34)20-32-19-5-3-2-4-16(19)22(33-20)36-15-9-6-13(7-10-15)30-23(35)31-14-8-11-18(25)17(12-14)24(26,27)28/h2-12H,1H3,(H,29,34)(H2,30,31,35). The number of halogens is 4. The van der Waals surface area contributed by atoms with E-state index in [1.165, 1.54) is 25.2 Å². The Morgan fingerprint density at radius 1 is 0.917 bits per heavy atom. The number of hydrogen-bond donors (Lipinski definition) is 3. The summed E-state index contributed by atoms with van der Waals surface area (Å²) in [5, 5.41) is 7.44. The van der Waals surface area contributed by atoms with Gasteiger partial charge in [-0.3, -0.25) is 4.79 Å². The van der Waals surface area contributed by atoms with Crippen molar-refractivity contribution in [2.45, 2.75) is 6.18 Å². The first-order valence-corrected chi connectivity index (χ1v) is 10.7. The number of para-hydroxylation sites is 1. The second-order valence-electron chi connectivity index (χ2n) is 7.35. The van der Waals surface area contributed by atoms with E-state index in [2.05, 4.69) is 25.9 Å². The maximum atomic E-state index is 13.0. The van der Waals surface area contributed by atoms with Crippen molar-refractivity contribution in [2.75, 3.05) is 17.7 Å². The minimum atomic E-state index is -4.66. The van der Waals surface area contributed by atoms with E-state index in [1.807, 2.05) is 0 Å². The Morgan fingerprint density at radius 2 is 1.58 bits per heavy atom. The summed E-state index contributed by atoms with van der Waals surface area (Å²) >= 11 is 5.60. The summed E-state index contributed by atoms with van der Waals surface area (Å²) in [6.45, 7) is 0. The van der Waals surface area contributed by atoms with E-state index < -0.39 is 28.7 Å². The molecule has 0 aliphatic heterocycles. The fourth-order valence-corrected chi connectivity index (χ4v) is 3.39. The molecule has 4 aromatic rings. The van der Waals surface area contributed by atoms with Gasteiger partial charge in [-0.15, -0.1) is 0 Å². The summed E-state index contributed by atoms with van der Waals surface area (Å²) in [5.41, 5.74) is -0.262. The van der Waals surface area contributed by atoms with Crippen LogP contribution in [0.5, 0.6) is 11.6 Å². The highest BCUT2D eigenvalue weighted by Gasteiger charge is 2.33. The van der Waals surface area contributed by atoms with E-state index in [1.54, 1.807) is 36.4 Å². The minimum Gasteiger partial charge on any atom is -0.438 e. The van der Waals surface area contributed by atoms with Crippen LogP contribution in [0.2, 0.25) is 5.02 Å². The number of fused-ring (bicyclic) bond motifs is 1. The second-order valence-corrected chi connectivity index (χ2v) is 7.75. The smallest absolute Gasteiger partial charge is 0.417 e. The monoisotopic (exact) mass is 515 g/mol. The molecule has 0 saturated carbocycles. The number of nitrogens with zero attached hydrogens (tertiary/aromatic N) is 2. The zero-order valence-electron chi connectivity index (χ0n) is 18.5. The molecule has 0 aliphatic carbocycles. The molecule has 3 N–H and O–H groups in total. The third-order valence-corrected chi connectivity index (χ3v) is 5.18. The second kappa shape index (κ2) is 10.1. The number of alkyl halides is 3. The summed E-state index contributed by atoms with van der Waals surface area (Å²) in [6.07, 6.45) is -4.66. The van der Waals surface area contributed by atoms with Crippen LogP contribution in [0.4, 0.5) is 29.3 Å². The fourth-order valence-electron chi connectivity index (χ4n) is 3.17. The number of ether oxygens (including phenoxy) is 1. The molecule has 0 aliphatic rings. The van der Waals surface area contributed by atoms with Crippen molar-refractivity contribution in [3.8, 4) is 11.6 Å². The Hall–Kier alpha value is -4.38. The molecule has 0 radical (unpaired) electrons. The Morgan fingerprint density at radius 3 is 2.28 bits per heavy atom. The van der Waals surface area contributed by atoms with Crippen molar-refractivity contribution in [2.24, 2.45) is 0 Å². The fraction of sp³-hybridized carbons (Fsp3) is 0.0833. The minimum absolute atomic E-state index is 0.0583. The van der Waals surface area contributed by atoms with Gasteiger partial charge in [-0.25, -0.2) is 9.78 Å². The first-order chi connectivity index (χ1) is 17.1. The first kappa shape index (κ1) is 24.7. The van der Waals surface area contributed by atoms with Gasteiger partial charge in [0.2, 0.25) is 11.7 Å². The maximum Gasteiger partial charge on any atom is 0.417 e. The molecule has 8 nitrogen and oxygen atoms in total. The molecule has 4 rings (SSSR count). The number of anilines is 2. The maximum absolute atomic E-state index is 13.0. The number of rotatable bonds is 5. The normalized spacial score (nSPS) is 11.1. The molecule has 0 atom stereocenters. The summed E-state index contributed by atoms with van der Waals surface area (Å²) in [6, 6.07) is 15.5. The van der Waals surface area contributed by atoms with Crippen LogP contribution in [0.1, 0.15) is 16.2 Å². The summed E-state index contributed by atoms with van der Waals surface area (Å²) in [7, 11) is 1.46. The molecular weight excluding hydrogens is 499 g/mol. The Bertz CT molecular complexity index is 1450. The van der Waals surface area contributed by atoms with Crippen LogP contribution in [0, 0.1) is 0 Å². The molecule has 0 unspecified atom stereocenters. The number of hydrogen-bond acceptors (Lipinski definition) is 5. The van der Waals surface area contributed by atoms with E-state index in [0.717, 1.165) is 12.1 Å². The molecule has 1 aromatic heterocycles. The Balaban J connectivity index is 1.47. The molecule has 0 saturated heterocycles. The topological polar surface area (TPSA) is 105 Å². The van der Waals surface area contributed by atoms with Gasteiger partial charge >= 0.3 is 12.2 Å². The van der Waals surface area contributed by atoms with E-state index >= 15 is 0 Å². The van der Waals surface area contributed by atoms with Gasteiger partial charge in [-0.1, -0.05) is 23.7 Å². The number of carbonyl (C=O) groups excluding carboxylic acids is 2. The van der Waals surface area contributed by atoms with Crippen LogP contribution >= 0.6 is 11.6 Å². The highest BCUT2D eigenvalue weighted by molar-refractivity contribution is 6.31. The predicted octanol–water partition coefficient (Wildman–Crippen LogP) is 6.10. The van der Waals surface area contributed by atoms with E-state index in [-0.39, 0.29) is 17.4 Å². The van der Waals surface area contributed by atoms with Gasteiger partial charge in [0.25, 0.3) is 5.91 Å². The van der Waals surface area contributed by atoms with Crippen LogP contribution in [-0.4, -0.2) is 29.0 Å². The SMILES string of the molecule is CNC(=O)c1nc(Oc2ccc(NC(=O)Nc3ccc(Cl)c(C(F)(F)F)c3)cc2)c2ccccc2n1. The molecule has 3 aromatic carbocycles. The average molecular weight is 516 g/mol. The van der Waals surface area contributed by atoms with E-state index in [4.69, 9.17) is 16.3 Å². The van der Waals surface area contributed by atoms with Crippen molar-refractivity contribution in [3.05, 3.63) is 83.1 Å². The summed E-state index contributed by atoms with van der Waals surface area (Å²) in [5.74, 6) is -0.00251. The van der Waals surface area contributed by atoms with Crippen LogP contribution in [-0.2, 0) is 6.18 Å². The summed E-state index contributed by atoms with van der Waals surface area (Å²) in [4.78, 5) is 32.7. The molecule has 3 amide bonds. The van der Waals surface area contributed by atoms with Crippen LogP contribution in [0.25, 0.3) is 10.9 Å². The van der Waals surface area contributed by atoms with Gasteiger partial charge in [-0.2, -0.15) is 18.2 Å². The largest absolute Gasteiger partial charge is 0.438 e. The van der Waals surface area contributed by atoms with Gasteiger partial charge in [0.15, 0.2) is 0 Å². The molecule has 0 spiro atoms. The van der Waals surface area contributed by atoms with Gasteiger partial charge < -0.3 is 20.7 Å². The molecule has 36 heavy (non-hydrogen) atoms. The lowest BCUT2D eigenvalue weighted by Gasteiger charge is -2.13. The number of aromatic nitrogens is 2. The van der Waals surface area contributed by atoms with Gasteiger partial charge in [-0.05, 0) is 54.6 Å². The molecule has 184 valence electrons. The number of carbonyl (C=O) groups is 2. The first-order valence-electron chi connectivity index (χ1n) is 10.4. The number of nitrogens with one attached hydrogen (secondary N) is 3. The summed E-state index contributed by atoms with van der Waals surface area (Å²) < 4.78 is 44.9. The quantitative estimate of drug-likeness (QED) is 0.298. The van der Waals surface area contributed by atoms with E-state index in [9.17, 15) is 22.8 Å². The Labute approximate surface area is 207 Å². The van der Waals surface area contributed by atoms with Gasteiger partial charge in [0, 0.05) is 18.4 Å². The third kappa shape index (κ3) is 5.63. The highest BCUT2D eigenvalue weighted by Crippen LogP contribution is 2.36. The molecule has 1 heterocycles. The van der Waals surface area contributed by atoms with Gasteiger partial charge in [0.05, 0.1) is 21.5 Å².